The second-order valence-corrected chi connectivity index (χ2v) is 8.92. The van der Waals surface area contributed by atoms with Crippen molar-refractivity contribution in [3.05, 3.63) is 46.3 Å². The van der Waals surface area contributed by atoms with Crippen molar-refractivity contribution in [3.8, 4) is 5.75 Å². The summed E-state index contributed by atoms with van der Waals surface area (Å²) in [6, 6.07) is 4.25. The third-order valence-corrected chi connectivity index (χ3v) is 7.08. The van der Waals surface area contributed by atoms with Gasteiger partial charge >= 0.3 is 0 Å². The Kier molecular flexibility index (Phi) is 5.50. The Morgan fingerprint density at radius 2 is 2.19 bits per heavy atom. The molecule has 3 rings (SSSR count). The number of hydrogen-bond acceptors (Lipinski definition) is 5. The van der Waals surface area contributed by atoms with Crippen LogP contribution in [0.25, 0.3) is 6.08 Å². The van der Waals surface area contributed by atoms with E-state index in [1.807, 2.05) is 13.0 Å². The number of benzene rings is 1. The van der Waals surface area contributed by atoms with Crippen molar-refractivity contribution in [1.82, 2.24) is 0 Å². The molecule has 1 aromatic rings. The minimum absolute atomic E-state index is 0.0768. The lowest BCUT2D eigenvalue weighted by atomic mass is 9.96. The fourth-order valence-electron chi connectivity index (χ4n) is 3.66. The zero-order valence-electron chi connectivity index (χ0n) is 14.6. The Hall–Kier alpha value is -1.70. The average molecular weight is 382 g/mol. The quantitative estimate of drug-likeness (QED) is 0.739. The number of allylic oxidation sites excluding steroid dienone is 1. The fourth-order valence-corrected chi connectivity index (χ4v) is 5.60. The molecule has 0 radical (unpaired) electrons. The molecular formula is C19H23FO5S. The predicted molar refractivity (Wildman–Crippen MR) is 97.0 cm³/mol. The summed E-state index contributed by atoms with van der Waals surface area (Å²) in [5.41, 5.74) is 3.05. The molecule has 0 aromatic heterocycles. The summed E-state index contributed by atoms with van der Waals surface area (Å²) in [7, 11) is -3.26. The van der Waals surface area contributed by atoms with Crippen molar-refractivity contribution in [2.75, 3.05) is 19.0 Å². The molecule has 7 heteroatoms. The zero-order valence-corrected chi connectivity index (χ0v) is 15.4. The molecule has 142 valence electrons. The highest BCUT2D eigenvalue weighted by Crippen LogP contribution is 2.38. The number of phenolic OH excluding ortho intramolecular Hbond substituents is 1. The lowest BCUT2D eigenvalue weighted by molar-refractivity contribution is 0.117. The first-order chi connectivity index (χ1) is 12.4. The first-order valence-corrected chi connectivity index (χ1v) is 10.4. The number of halogens is 1. The number of rotatable bonds is 6. The van der Waals surface area contributed by atoms with Crippen LogP contribution in [0.1, 0.15) is 31.7 Å². The van der Waals surface area contributed by atoms with Gasteiger partial charge in [0.05, 0.1) is 25.1 Å². The highest BCUT2D eigenvalue weighted by Gasteiger charge is 2.46. The van der Waals surface area contributed by atoms with E-state index in [-0.39, 0.29) is 30.8 Å². The van der Waals surface area contributed by atoms with Crippen molar-refractivity contribution < 1.29 is 27.8 Å². The van der Waals surface area contributed by atoms with Crippen molar-refractivity contribution in [1.29, 1.82) is 0 Å². The summed E-state index contributed by atoms with van der Waals surface area (Å²) in [5, 5.41) is 18.1. The number of hydrogen-bond donors (Lipinski definition) is 2. The number of ether oxygens (including phenoxy) is 1. The molecule has 2 heterocycles. The van der Waals surface area contributed by atoms with Crippen LogP contribution in [0, 0.1) is 5.82 Å². The third kappa shape index (κ3) is 3.70. The largest absolute Gasteiger partial charge is 0.505 e. The van der Waals surface area contributed by atoms with Gasteiger partial charge in [-0.3, -0.25) is 0 Å². The lowest BCUT2D eigenvalue weighted by Crippen LogP contribution is -2.19. The van der Waals surface area contributed by atoms with Crippen LogP contribution in [0.3, 0.4) is 0 Å². The van der Waals surface area contributed by atoms with Gasteiger partial charge in [0.25, 0.3) is 0 Å². The Morgan fingerprint density at radius 1 is 1.42 bits per heavy atom. The summed E-state index contributed by atoms with van der Waals surface area (Å²) in [4.78, 5) is 0. The molecule has 0 unspecified atom stereocenters. The van der Waals surface area contributed by atoms with E-state index in [1.165, 1.54) is 12.1 Å². The van der Waals surface area contributed by atoms with Crippen LogP contribution in [0.4, 0.5) is 4.39 Å². The Labute approximate surface area is 152 Å². The standard InChI is InChI=1S/C19H23FO5S/c1-2-12(7-13-3-5-16(22)15(20)8-13)4-6-17-19-14(9-21)11-26(23,24)18(19)10-25-17/h3,5,7-8,17-18,21-22H,2,4,6,9-11H2,1H3/b12-7+/t17-,18+/m1/s1. The van der Waals surface area contributed by atoms with Crippen LogP contribution in [-0.2, 0) is 14.6 Å². The Balaban J connectivity index is 1.73. The van der Waals surface area contributed by atoms with Gasteiger partial charge in [0, 0.05) is 0 Å². The maximum Gasteiger partial charge on any atom is 0.165 e. The number of aromatic hydroxyl groups is 1. The van der Waals surface area contributed by atoms with Crippen molar-refractivity contribution >= 4 is 15.9 Å². The molecule has 0 aliphatic carbocycles. The lowest BCUT2D eigenvalue weighted by Gasteiger charge is -2.14. The summed E-state index contributed by atoms with van der Waals surface area (Å²) in [5.74, 6) is -1.12. The monoisotopic (exact) mass is 382 g/mol. The van der Waals surface area contributed by atoms with E-state index in [0.29, 0.717) is 24.0 Å². The molecule has 0 amide bonds. The molecule has 1 aromatic carbocycles. The molecule has 2 aliphatic heterocycles. The van der Waals surface area contributed by atoms with Crippen LogP contribution < -0.4 is 0 Å². The molecule has 1 saturated heterocycles. The average Bonchev–Trinajstić information content (AvgIpc) is 3.14. The van der Waals surface area contributed by atoms with Crippen LogP contribution in [0.2, 0.25) is 0 Å². The normalized spacial score (nSPS) is 25.0. The van der Waals surface area contributed by atoms with Gasteiger partial charge in [0.15, 0.2) is 21.4 Å². The second-order valence-electron chi connectivity index (χ2n) is 6.74. The van der Waals surface area contributed by atoms with Crippen LogP contribution >= 0.6 is 0 Å². The van der Waals surface area contributed by atoms with Crippen LogP contribution in [0.15, 0.2) is 34.9 Å². The molecule has 0 saturated carbocycles. The van der Waals surface area contributed by atoms with Gasteiger partial charge in [-0.05, 0) is 48.1 Å². The van der Waals surface area contributed by atoms with Gasteiger partial charge in [-0.1, -0.05) is 24.6 Å². The van der Waals surface area contributed by atoms with Gasteiger partial charge in [-0.2, -0.15) is 0 Å². The Bertz CT molecular complexity index is 857. The smallest absolute Gasteiger partial charge is 0.165 e. The molecule has 2 aliphatic rings. The SMILES string of the molecule is CC/C(=C\c1ccc(O)c(F)c1)CC[C@H]1OC[C@H]2C1=C(CO)CS2(=O)=O. The number of phenols is 1. The number of fused-ring (bicyclic) bond motifs is 1. The number of sulfone groups is 1. The molecule has 0 bridgehead atoms. The molecular weight excluding hydrogens is 359 g/mol. The first kappa shape index (κ1) is 19.1. The molecule has 0 spiro atoms. The minimum atomic E-state index is -3.26. The number of aliphatic hydroxyl groups excluding tert-OH is 1. The van der Waals surface area contributed by atoms with E-state index >= 15 is 0 Å². The molecule has 2 atom stereocenters. The van der Waals surface area contributed by atoms with Gasteiger partial charge in [0.2, 0.25) is 0 Å². The predicted octanol–water partition coefficient (Wildman–Crippen LogP) is 2.59. The summed E-state index contributed by atoms with van der Waals surface area (Å²) in [6.07, 6.45) is 3.64. The first-order valence-electron chi connectivity index (χ1n) is 8.69. The molecule has 2 N–H and O–H groups in total. The summed E-state index contributed by atoms with van der Waals surface area (Å²) >= 11 is 0. The molecule has 26 heavy (non-hydrogen) atoms. The van der Waals surface area contributed by atoms with E-state index in [2.05, 4.69) is 0 Å². The molecule has 5 nitrogen and oxygen atoms in total. The summed E-state index contributed by atoms with van der Waals surface area (Å²) < 4.78 is 43.5. The van der Waals surface area contributed by atoms with E-state index in [9.17, 15) is 23.0 Å². The maximum absolute atomic E-state index is 13.5. The van der Waals surface area contributed by atoms with E-state index in [0.717, 1.165) is 17.6 Å². The zero-order chi connectivity index (χ0) is 18.9. The topological polar surface area (TPSA) is 83.8 Å². The number of aliphatic hydroxyl groups is 1. The highest BCUT2D eigenvalue weighted by atomic mass is 32.2. The van der Waals surface area contributed by atoms with Crippen molar-refractivity contribution in [2.24, 2.45) is 0 Å². The van der Waals surface area contributed by atoms with Crippen molar-refractivity contribution in [2.45, 2.75) is 37.5 Å². The highest BCUT2D eigenvalue weighted by molar-refractivity contribution is 7.92. The van der Waals surface area contributed by atoms with E-state index in [1.54, 1.807) is 6.07 Å². The van der Waals surface area contributed by atoms with Crippen LogP contribution in [-0.4, -0.2) is 49.0 Å². The maximum atomic E-state index is 13.5. The fraction of sp³-hybridized carbons (Fsp3) is 0.474. The van der Waals surface area contributed by atoms with Crippen LogP contribution in [0.5, 0.6) is 5.75 Å². The third-order valence-electron chi connectivity index (χ3n) is 5.07. The minimum Gasteiger partial charge on any atom is -0.505 e. The van der Waals surface area contributed by atoms with E-state index < -0.39 is 20.9 Å². The Morgan fingerprint density at radius 3 is 2.85 bits per heavy atom. The summed E-state index contributed by atoms with van der Waals surface area (Å²) in [6.45, 7) is 1.90. The van der Waals surface area contributed by atoms with Gasteiger partial charge < -0.3 is 14.9 Å². The molecule has 1 fully saturated rings. The van der Waals surface area contributed by atoms with Gasteiger partial charge in [0.1, 0.15) is 5.25 Å². The van der Waals surface area contributed by atoms with Gasteiger partial charge in [-0.25, -0.2) is 12.8 Å². The van der Waals surface area contributed by atoms with E-state index in [4.69, 9.17) is 4.74 Å². The van der Waals surface area contributed by atoms with Crippen molar-refractivity contribution in [3.63, 3.8) is 0 Å². The van der Waals surface area contributed by atoms with Gasteiger partial charge in [-0.15, -0.1) is 0 Å². The second kappa shape index (κ2) is 7.50.